The van der Waals surface area contributed by atoms with Gasteiger partial charge in [0.05, 0.1) is 7.11 Å². The highest BCUT2D eigenvalue weighted by Crippen LogP contribution is 2.21. The van der Waals surface area contributed by atoms with Gasteiger partial charge in [0.15, 0.2) is 0 Å². The zero-order valence-corrected chi connectivity index (χ0v) is 16.3. The van der Waals surface area contributed by atoms with E-state index in [1.807, 2.05) is 59.5 Å². The second kappa shape index (κ2) is 8.60. The van der Waals surface area contributed by atoms with E-state index in [0.717, 1.165) is 30.2 Å². The molecule has 1 aromatic heterocycles. The summed E-state index contributed by atoms with van der Waals surface area (Å²) in [6.07, 6.45) is 1.61. The minimum absolute atomic E-state index is 0.0714. The number of hydrogen-bond donors (Lipinski definition) is 1. The van der Waals surface area contributed by atoms with Crippen LogP contribution in [-0.2, 0) is 0 Å². The Balaban J connectivity index is 1.38. The molecule has 0 atom stereocenters. The van der Waals surface area contributed by atoms with Gasteiger partial charge >= 0.3 is 0 Å². The summed E-state index contributed by atoms with van der Waals surface area (Å²) in [5, 5.41) is 3.13. The van der Waals surface area contributed by atoms with Crippen molar-refractivity contribution in [2.75, 3.05) is 43.5 Å². The molecular formula is C22H23N5O2. The molecule has 7 heteroatoms. The lowest BCUT2D eigenvalue weighted by Gasteiger charge is -2.36. The second-order valence-electron chi connectivity index (χ2n) is 6.73. The van der Waals surface area contributed by atoms with Crippen LogP contribution in [0.3, 0.4) is 0 Å². The Bertz CT molecular complexity index is 954. The Morgan fingerprint density at radius 1 is 0.966 bits per heavy atom. The summed E-state index contributed by atoms with van der Waals surface area (Å²) in [5.74, 6) is 1.18. The van der Waals surface area contributed by atoms with Gasteiger partial charge in [-0.05, 0) is 42.5 Å². The average molecular weight is 389 g/mol. The van der Waals surface area contributed by atoms with Crippen molar-refractivity contribution < 1.29 is 9.53 Å². The molecule has 1 N–H and O–H groups in total. The summed E-state index contributed by atoms with van der Waals surface area (Å²) in [5.41, 5.74) is 2.41. The lowest BCUT2D eigenvalue weighted by Crippen LogP contribution is -2.49. The third kappa shape index (κ3) is 4.45. The van der Waals surface area contributed by atoms with Gasteiger partial charge in [0.25, 0.3) is 5.91 Å². The Morgan fingerprint density at radius 2 is 1.69 bits per heavy atom. The van der Waals surface area contributed by atoms with Crippen LogP contribution in [0, 0.1) is 0 Å². The van der Waals surface area contributed by atoms with Crippen molar-refractivity contribution in [2.45, 2.75) is 0 Å². The highest BCUT2D eigenvalue weighted by molar-refractivity contribution is 5.92. The largest absolute Gasteiger partial charge is 0.497 e. The molecule has 0 aliphatic carbocycles. The first kappa shape index (κ1) is 18.7. The molecule has 1 fully saturated rings. The van der Waals surface area contributed by atoms with Crippen LogP contribution in [-0.4, -0.2) is 54.1 Å². The number of hydrogen-bond acceptors (Lipinski definition) is 6. The normalized spacial score (nSPS) is 13.8. The number of aromatic nitrogens is 2. The number of amides is 1. The lowest BCUT2D eigenvalue weighted by atomic mass is 10.2. The SMILES string of the molecule is COc1ccc(N2CCN(C(=O)c3ccnc(Nc4ccccc4)n3)CC2)cc1. The molecule has 1 aliphatic rings. The summed E-state index contributed by atoms with van der Waals surface area (Å²) in [7, 11) is 1.66. The molecule has 0 spiro atoms. The van der Waals surface area contributed by atoms with Gasteiger partial charge in [-0.2, -0.15) is 0 Å². The molecule has 1 saturated heterocycles. The van der Waals surface area contributed by atoms with E-state index in [1.165, 1.54) is 0 Å². The van der Waals surface area contributed by atoms with E-state index in [4.69, 9.17) is 4.74 Å². The summed E-state index contributed by atoms with van der Waals surface area (Å²) in [4.78, 5) is 25.6. The second-order valence-corrected chi connectivity index (χ2v) is 6.73. The van der Waals surface area contributed by atoms with Gasteiger partial charge in [0.1, 0.15) is 11.4 Å². The molecule has 3 aromatic rings. The number of carbonyl (C=O) groups excluding carboxylic acids is 1. The van der Waals surface area contributed by atoms with Crippen molar-refractivity contribution in [1.82, 2.24) is 14.9 Å². The maximum absolute atomic E-state index is 12.9. The summed E-state index contributed by atoms with van der Waals surface area (Å²) in [6.45, 7) is 2.85. The number of para-hydroxylation sites is 1. The van der Waals surface area contributed by atoms with Gasteiger partial charge in [-0.15, -0.1) is 0 Å². The van der Waals surface area contributed by atoms with E-state index in [9.17, 15) is 4.79 Å². The van der Waals surface area contributed by atoms with Crippen LogP contribution in [0.5, 0.6) is 5.75 Å². The predicted molar refractivity (Wildman–Crippen MR) is 113 cm³/mol. The van der Waals surface area contributed by atoms with Gasteiger partial charge in [-0.25, -0.2) is 9.97 Å². The maximum atomic E-state index is 12.9. The number of benzene rings is 2. The first-order chi connectivity index (χ1) is 14.2. The number of ether oxygens (including phenoxy) is 1. The number of methoxy groups -OCH3 is 1. The van der Waals surface area contributed by atoms with Crippen LogP contribution in [0.4, 0.5) is 17.3 Å². The zero-order valence-electron chi connectivity index (χ0n) is 16.3. The van der Waals surface area contributed by atoms with Crippen molar-refractivity contribution >= 4 is 23.2 Å². The molecule has 7 nitrogen and oxygen atoms in total. The van der Waals surface area contributed by atoms with Crippen molar-refractivity contribution in [3.8, 4) is 5.75 Å². The Hall–Kier alpha value is -3.61. The Kier molecular flexibility index (Phi) is 5.56. The average Bonchev–Trinajstić information content (AvgIpc) is 2.80. The fourth-order valence-corrected chi connectivity index (χ4v) is 3.31. The smallest absolute Gasteiger partial charge is 0.272 e. The van der Waals surface area contributed by atoms with Crippen molar-refractivity contribution in [2.24, 2.45) is 0 Å². The molecule has 1 amide bonds. The predicted octanol–water partition coefficient (Wildman–Crippen LogP) is 3.19. The van der Waals surface area contributed by atoms with Crippen LogP contribution >= 0.6 is 0 Å². The maximum Gasteiger partial charge on any atom is 0.272 e. The molecule has 0 bridgehead atoms. The van der Waals surface area contributed by atoms with Crippen molar-refractivity contribution in [3.05, 3.63) is 72.6 Å². The van der Waals surface area contributed by atoms with Crippen LogP contribution < -0.4 is 15.0 Å². The summed E-state index contributed by atoms with van der Waals surface area (Å²) in [6, 6.07) is 19.3. The van der Waals surface area contributed by atoms with Gasteiger partial charge < -0.3 is 19.9 Å². The minimum atomic E-state index is -0.0714. The molecule has 0 unspecified atom stereocenters. The molecule has 29 heavy (non-hydrogen) atoms. The number of nitrogens with one attached hydrogen (secondary N) is 1. The summed E-state index contributed by atoms with van der Waals surface area (Å²) >= 11 is 0. The standard InChI is InChI=1S/C22H23N5O2/c1-29-19-9-7-18(8-10-19)26-13-15-27(16-14-26)21(28)20-11-12-23-22(25-20)24-17-5-3-2-4-6-17/h2-12H,13-16H2,1H3,(H,23,24,25). The number of piperazine rings is 1. The number of anilines is 3. The van der Waals surface area contributed by atoms with E-state index >= 15 is 0 Å². The van der Waals surface area contributed by atoms with Crippen LogP contribution in [0.15, 0.2) is 66.9 Å². The van der Waals surface area contributed by atoms with E-state index in [0.29, 0.717) is 24.7 Å². The molecule has 148 valence electrons. The van der Waals surface area contributed by atoms with Crippen molar-refractivity contribution in [3.63, 3.8) is 0 Å². The molecule has 0 saturated carbocycles. The fraction of sp³-hybridized carbons (Fsp3) is 0.227. The number of carbonyl (C=O) groups is 1. The number of nitrogens with zero attached hydrogens (tertiary/aromatic N) is 4. The first-order valence-corrected chi connectivity index (χ1v) is 9.56. The highest BCUT2D eigenvalue weighted by atomic mass is 16.5. The van der Waals surface area contributed by atoms with Gasteiger partial charge in [-0.3, -0.25) is 4.79 Å². The molecule has 1 aliphatic heterocycles. The van der Waals surface area contributed by atoms with Crippen molar-refractivity contribution in [1.29, 1.82) is 0 Å². The third-order valence-corrected chi connectivity index (χ3v) is 4.91. The van der Waals surface area contributed by atoms with E-state index in [-0.39, 0.29) is 5.91 Å². The Labute approximate surface area is 170 Å². The van der Waals surface area contributed by atoms with Crippen LogP contribution in [0.2, 0.25) is 0 Å². The monoisotopic (exact) mass is 389 g/mol. The molecule has 4 rings (SSSR count). The van der Waals surface area contributed by atoms with Gasteiger partial charge in [0.2, 0.25) is 5.95 Å². The van der Waals surface area contributed by atoms with E-state index < -0.39 is 0 Å². The first-order valence-electron chi connectivity index (χ1n) is 9.56. The van der Waals surface area contributed by atoms with Crippen LogP contribution in [0.1, 0.15) is 10.5 Å². The molecule has 2 heterocycles. The Morgan fingerprint density at radius 3 is 2.38 bits per heavy atom. The molecule has 0 radical (unpaired) electrons. The number of rotatable bonds is 5. The van der Waals surface area contributed by atoms with E-state index in [1.54, 1.807) is 19.4 Å². The minimum Gasteiger partial charge on any atom is -0.497 e. The zero-order chi connectivity index (χ0) is 20.1. The van der Waals surface area contributed by atoms with Gasteiger partial charge in [-0.1, -0.05) is 18.2 Å². The quantitative estimate of drug-likeness (QED) is 0.723. The summed E-state index contributed by atoms with van der Waals surface area (Å²) < 4.78 is 5.21. The highest BCUT2D eigenvalue weighted by Gasteiger charge is 2.23. The molecule has 2 aromatic carbocycles. The topological polar surface area (TPSA) is 70.6 Å². The lowest BCUT2D eigenvalue weighted by molar-refractivity contribution is 0.0741. The van der Waals surface area contributed by atoms with Crippen LogP contribution in [0.25, 0.3) is 0 Å². The fourth-order valence-electron chi connectivity index (χ4n) is 3.31. The molecular weight excluding hydrogens is 366 g/mol. The van der Waals surface area contributed by atoms with Gasteiger partial charge in [0, 0.05) is 43.8 Å². The van der Waals surface area contributed by atoms with E-state index in [2.05, 4.69) is 20.2 Å². The third-order valence-electron chi connectivity index (χ3n) is 4.91.